The van der Waals surface area contributed by atoms with Crippen LogP contribution in [0.25, 0.3) is 0 Å². The number of alkyl halides is 3. The summed E-state index contributed by atoms with van der Waals surface area (Å²) in [7, 11) is -4.23. The number of hydrogen-bond acceptors (Lipinski definition) is 4. The first-order valence-corrected chi connectivity index (χ1v) is 9.03. The third-order valence-corrected chi connectivity index (χ3v) is 4.92. The van der Waals surface area contributed by atoms with Gasteiger partial charge in [-0.25, -0.2) is 18.1 Å². The number of nitrogens with zero attached hydrogens (tertiary/aromatic N) is 1. The Labute approximate surface area is 152 Å². The van der Waals surface area contributed by atoms with Gasteiger partial charge in [0.25, 0.3) is 0 Å². The number of benzene rings is 1. The second-order valence-corrected chi connectivity index (χ2v) is 7.22. The first-order valence-electron chi connectivity index (χ1n) is 7.17. The van der Waals surface area contributed by atoms with Crippen molar-refractivity contribution in [1.29, 1.82) is 0 Å². The number of hydrogen-bond donors (Lipinski definition) is 2. The van der Waals surface area contributed by atoms with Crippen LogP contribution in [0.15, 0.2) is 47.5 Å². The third-order valence-electron chi connectivity index (χ3n) is 3.13. The predicted octanol–water partition coefficient (Wildman–Crippen LogP) is 3.06. The Morgan fingerprint density at radius 2 is 1.92 bits per heavy atom. The van der Waals surface area contributed by atoms with Crippen LogP contribution in [0.4, 0.5) is 19.0 Å². The molecule has 0 aliphatic carbocycles. The van der Waals surface area contributed by atoms with Crippen LogP contribution in [0.5, 0.6) is 0 Å². The molecule has 0 aliphatic rings. The monoisotopic (exact) mass is 407 g/mol. The molecule has 0 bridgehead atoms. The van der Waals surface area contributed by atoms with Crippen LogP contribution in [-0.4, -0.2) is 25.9 Å². The van der Waals surface area contributed by atoms with Crippen LogP contribution in [0.1, 0.15) is 12.0 Å². The quantitative estimate of drug-likeness (QED) is 0.770. The molecule has 11 heteroatoms. The van der Waals surface area contributed by atoms with E-state index in [1.54, 1.807) is 18.2 Å². The van der Waals surface area contributed by atoms with Gasteiger partial charge < -0.3 is 5.32 Å². The fraction of sp³-hybridized carbons (Fsp3) is 0.200. The van der Waals surface area contributed by atoms with Gasteiger partial charge in [0.2, 0.25) is 15.9 Å². The summed E-state index contributed by atoms with van der Waals surface area (Å²) in [5.74, 6) is -0.202. The summed E-state index contributed by atoms with van der Waals surface area (Å²) in [6.07, 6.45) is -3.54. The first-order chi connectivity index (χ1) is 12.1. The van der Waals surface area contributed by atoms with E-state index in [4.69, 9.17) is 11.6 Å². The van der Waals surface area contributed by atoms with Crippen molar-refractivity contribution in [2.24, 2.45) is 0 Å². The second kappa shape index (κ2) is 8.02. The molecule has 1 aromatic carbocycles. The predicted molar refractivity (Wildman–Crippen MR) is 89.1 cm³/mol. The number of nitrogens with one attached hydrogen (secondary N) is 2. The Kier molecular flexibility index (Phi) is 6.21. The Morgan fingerprint density at radius 3 is 2.54 bits per heavy atom. The maximum atomic E-state index is 12.8. The fourth-order valence-electron chi connectivity index (χ4n) is 1.91. The van der Waals surface area contributed by atoms with Gasteiger partial charge >= 0.3 is 6.18 Å². The van der Waals surface area contributed by atoms with Crippen LogP contribution >= 0.6 is 11.6 Å². The summed E-state index contributed by atoms with van der Waals surface area (Å²) < 4.78 is 64.7. The highest BCUT2D eigenvalue weighted by Gasteiger charge is 2.34. The van der Waals surface area contributed by atoms with E-state index < -0.39 is 37.6 Å². The lowest BCUT2D eigenvalue weighted by molar-refractivity contribution is -0.137. The van der Waals surface area contributed by atoms with Gasteiger partial charge in [-0.15, -0.1) is 0 Å². The van der Waals surface area contributed by atoms with E-state index >= 15 is 0 Å². The minimum Gasteiger partial charge on any atom is -0.311 e. The molecule has 1 heterocycles. The van der Waals surface area contributed by atoms with E-state index in [2.05, 4.69) is 15.0 Å². The zero-order valence-corrected chi connectivity index (χ0v) is 14.6. The lowest BCUT2D eigenvalue weighted by Crippen LogP contribution is -2.28. The number of carbonyl (C=O) groups is 1. The summed E-state index contributed by atoms with van der Waals surface area (Å²) in [5.41, 5.74) is -1.25. The van der Waals surface area contributed by atoms with E-state index in [1.807, 2.05) is 0 Å². The van der Waals surface area contributed by atoms with E-state index in [9.17, 15) is 26.4 Å². The number of carbonyl (C=O) groups excluding carboxylic acids is 1. The Morgan fingerprint density at radius 1 is 1.19 bits per heavy atom. The van der Waals surface area contributed by atoms with Gasteiger partial charge in [0, 0.05) is 19.2 Å². The molecule has 0 radical (unpaired) electrons. The number of aromatic nitrogens is 1. The fourth-order valence-corrected chi connectivity index (χ4v) is 3.20. The van der Waals surface area contributed by atoms with Crippen molar-refractivity contribution in [3.05, 3.63) is 53.2 Å². The van der Waals surface area contributed by atoms with Crippen molar-refractivity contribution in [3.8, 4) is 0 Å². The van der Waals surface area contributed by atoms with E-state index in [1.165, 1.54) is 6.20 Å². The molecule has 2 N–H and O–H groups in total. The van der Waals surface area contributed by atoms with Crippen molar-refractivity contribution < 1.29 is 26.4 Å². The third kappa shape index (κ3) is 5.41. The van der Waals surface area contributed by atoms with Gasteiger partial charge in [-0.05, 0) is 30.3 Å². The number of anilines is 1. The average Bonchev–Trinajstić information content (AvgIpc) is 2.54. The van der Waals surface area contributed by atoms with E-state index in [0.29, 0.717) is 11.9 Å². The van der Waals surface area contributed by atoms with Crippen molar-refractivity contribution in [3.63, 3.8) is 0 Å². The molecule has 2 rings (SSSR count). The highest BCUT2D eigenvalue weighted by molar-refractivity contribution is 7.89. The van der Waals surface area contributed by atoms with Gasteiger partial charge in [-0.1, -0.05) is 17.7 Å². The molecule has 0 aliphatic heterocycles. The summed E-state index contributed by atoms with van der Waals surface area (Å²) >= 11 is 5.46. The number of pyridine rings is 1. The molecular weight excluding hydrogens is 395 g/mol. The standard InChI is InChI=1S/C15H13ClF3N3O3S/c16-12-5-4-10(9-11(12)15(17,18)19)26(24,25)21-8-6-14(23)22-13-3-1-2-7-20-13/h1-5,7,9,21H,6,8H2,(H,20,22,23). The molecule has 2 aromatic rings. The summed E-state index contributed by atoms with van der Waals surface area (Å²) in [6.45, 7) is -0.301. The molecule has 0 unspecified atom stereocenters. The molecule has 0 fully saturated rings. The molecule has 1 amide bonds. The summed E-state index contributed by atoms with van der Waals surface area (Å²) in [6, 6.07) is 7.11. The minimum absolute atomic E-state index is 0.227. The molecule has 0 saturated carbocycles. The Hall–Kier alpha value is -2.17. The summed E-state index contributed by atoms with van der Waals surface area (Å²) in [5, 5.41) is 1.85. The highest BCUT2D eigenvalue weighted by atomic mass is 35.5. The van der Waals surface area contributed by atoms with Crippen LogP contribution < -0.4 is 10.0 Å². The lowest BCUT2D eigenvalue weighted by atomic mass is 10.2. The van der Waals surface area contributed by atoms with Gasteiger partial charge in [0.05, 0.1) is 15.5 Å². The van der Waals surface area contributed by atoms with Crippen LogP contribution in [0.2, 0.25) is 5.02 Å². The second-order valence-electron chi connectivity index (χ2n) is 5.05. The van der Waals surface area contributed by atoms with Gasteiger partial charge in [-0.2, -0.15) is 13.2 Å². The van der Waals surface area contributed by atoms with Gasteiger partial charge in [-0.3, -0.25) is 4.79 Å². The molecule has 0 saturated heterocycles. The SMILES string of the molecule is O=C(CCNS(=O)(=O)c1ccc(Cl)c(C(F)(F)F)c1)Nc1ccccn1. The highest BCUT2D eigenvalue weighted by Crippen LogP contribution is 2.35. The molecular formula is C15H13ClF3N3O3S. The zero-order valence-electron chi connectivity index (χ0n) is 13.0. The molecule has 0 spiro atoms. The minimum atomic E-state index is -4.79. The zero-order chi connectivity index (χ0) is 19.4. The maximum absolute atomic E-state index is 12.8. The molecule has 140 valence electrons. The van der Waals surface area contributed by atoms with Crippen molar-refractivity contribution in [2.75, 3.05) is 11.9 Å². The van der Waals surface area contributed by atoms with E-state index in [0.717, 1.165) is 12.1 Å². The normalized spacial score (nSPS) is 12.0. The maximum Gasteiger partial charge on any atom is 0.417 e. The van der Waals surface area contributed by atoms with Crippen LogP contribution in [0, 0.1) is 0 Å². The number of amides is 1. The van der Waals surface area contributed by atoms with Crippen LogP contribution in [0.3, 0.4) is 0 Å². The largest absolute Gasteiger partial charge is 0.417 e. The number of sulfonamides is 1. The number of halogens is 4. The molecule has 0 atom stereocenters. The van der Waals surface area contributed by atoms with E-state index in [-0.39, 0.29) is 13.0 Å². The van der Waals surface area contributed by atoms with Crippen molar-refractivity contribution >= 4 is 33.3 Å². The number of rotatable bonds is 6. The van der Waals surface area contributed by atoms with Gasteiger partial charge in [0.1, 0.15) is 5.82 Å². The molecule has 6 nitrogen and oxygen atoms in total. The average molecular weight is 408 g/mol. The lowest BCUT2D eigenvalue weighted by Gasteiger charge is -2.12. The smallest absolute Gasteiger partial charge is 0.311 e. The first kappa shape index (κ1) is 20.1. The van der Waals surface area contributed by atoms with Gasteiger partial charge in [0.15, 0.2) is 0 Å². The molecule has 26 heavy (non-hydrogen) atoms. The Bertz CT molecular complexity index is 890. The molecule has 1 aromatic heterocycles. The summed E-state index contributed by atoms with van der Waals surface area (Å²) in [4.78, 5) is 15.0. The van der Waals surface area contributed by atoms with Crippen molar-refractivity contribution in [1.82, 2.24) is 9.71 Å². The van der Waals surface area contributed by atoms with Crippen LogP contribution in [-0.2, 0) is 21.0 Å². The van der Waals surface area contributed by atoms with Crippen molar-refractivity contribution in [2.45, 2.75) is 17.5 Å². The topological polar surface area (TPSA) is 88.2 Å². The Balaban J connectivity index is 2.00.